The SMILES string of the molecule is Cc1[nH]ncc1-c1cc(Cl)nnc1N. The molecule has 0 spiro atoms. The first kappa shape index (κ1) is 8.96. The first-order chi connectivity index (χ1) is 6.68. The Balaban J connectivity index is 2.62. The first-order valence-electron chi connectivity index (χ1n) is 3.97. The molecular weight excluding hydrogens is 202 g/mol. The van der Waals surface area contributed by atoms with Crippen molar-refractivity contribution in [2.24, 2.45) is 0 Å². The predicted octanol–water partition coefficient (Wildman–Crippen LogP) is 1.41. The minimum Gasteiger partial charge on any atom is -0.382 e. The van der Waals surface area contributed by atoms with E-state index in [1.54, 1.807) is 12.3 Å². The van der Waals surface area contributed by atoms with Crippen LogP contribution in [-0.2, 0) is 0 Å². The molecule has 0 fully saturated rings. The molecule has 2 rings (SSSR count). The van der Waals surface area contributed by atoms with Gasteiger partial charge in [0.15, 0.2) is 11.0 Å². The van der Waals surface area contributed by atoms with Gasteiger partial charge >= 0.3 is 0 Å². The Morgan fingerprint density at radius 2 is 2.14 bits per heavy atom. The second kappa shape index (κ2) is 3.26. The lowest BCUT2D eigenvalue weighted by Gasteiger charge is -2.02. The smallest absolute Gasteiger partial charge is 0.154 e. The number of aromatic nitrogens is 4. The lowest BCUT2D eigenvalue weighted by atomic mass is 10.1. The molecule has 3 N–H and O–H groups in total. The summed E-state index contributed by atoms with van der Waals surface area (Å²) in [6.07, 6.45) is 1.68. The van der Waals surface area contributed by atoms with Crippen molar-refractivity contribution < 1.29 is 0 Å². The van der Waals surface area contributed by atoms with Crippen LogP contribution < -0.4 is 5.73 Å². The van der Waals surface area contributed by atoms with Crippen LogP contribution in [0.25, 0.3) is 11.1 Å². The van der Waals surface area contributed by atoms with E-state index < -0.39 is 0 Å². The Hall–Kier alpha value is -1.62. The van der Waals surface area contributed by atoms with Gasteiger partial charge in [0.05, 0.1) is 6.20 Å². The standard InChI is InChI=1S/C8H8ClN5/c1-4-6(3-11-12-4)5-2-7(9)13-14-8(5)10/h2-3H,1H3,(H2,10,14)(H,11,12). The number of aromatic amines is 1. The van der Waals surface area contributed by atoms with E-state index >= 15 is 0 Å². The quantitative estimate of drug-likeness (QED) is 0.744. The average Bonchev–Trinajstić information content (AvgIpc) is 2.56. The number of hydrogen-bond donors (Lipinski definition) is 2. The third kappa shape index (κ3) is 1.42. The Kier molecular flexibility index (Phi) is 2.09. The molecule has 0 bridgehead atoms. The van der Waals surface area contributed by atoms with Gasteiger partial charge in [-0.05, 0) is 13.0 Å². The molecule has 0 aliphatic carbocycles. The van der Waals surface area contributed by atoms with Gasteiger partial charge in [-0.2, -0.15) is 5.10 Å². The number of rotatable bonds is 1. The minimum absolute atomic E-state index is 0.315. The van der Waals surface area contributed by atoms with Gasteiger partial charge in [-0.15, -0.1) is 10.2 Å². The minimum atomic E-state index is 0.315. The lowest BCUT2D eigenvalue weighted by molar-refractivity contribution is 1.04. The van der Waals surface area contributed by atoms with Gasteiger partial charge in [0, 0.05) is 16.8 Å². The fourth-order valence-corrected chi connectivity index (χ4v) is 1.36. The molecule has 2 heterocycles. The summed E-state index contributed by atoms with van der Waals surface area (Å²) in [6, 6.07) is 1.67. The maximum atomic E-state index is 5.73. The summed E-state index contributed by atoms with van der Waals surface area (Å²) >= 11 is 5.73. The van der Waals surface area contributed by atoms with Crippen LogP contribution in [-0.4, -0.2) is 20.4 Å². The predicted molar refractivity (Wildman–Crippen MR) is 53.8 cm³/mol. The monoisotopic (exact) mass is 209 g/mol. The molecule has 6 heteroatoms. The van der Waals surface area contributed by atoms with Gasteiger partial charge in [0.2, 0.25) is 0 Å². The molecule has 0 radical (unpaired) electrons. The number of halogens is 1. The lowest BCUT2D eigenvalue weighted by Crippen LogP contribution is -1.96. The number of aryl methyl sites for hydroxylation is 1. The topological polar surface area (TPSA) is 80.5 Å². The van der Waals surface area contributed by atoms with Crippen LogP contribution >= 0.6 is 11.6 Å². The van der Waals surface area contributed by atoms with Crippen LogP contribution in [0.3, 0.4) is 0 Å². The van der Waals surface area contributed by atoms with Crippen molar-refractivity contribution in [3.63, 3.8) is 0 Å². The number of anilines is 1. The fourth-order valence-electron chi connectivity index (χ4n) is 1.22. The second-order valence-electron chi connectivity index (χ2n) is 2.87. The molecule has 5 nitrogen and oxygen atoms in total. The summed E-state index contributed by atoms with van der Waals surface area (Å²) in [6.45, 7) is 1.90. The van der Waals surface area contributed by atoms with Crippen molar-refractivity contribution in [3.05, 3.63) is 23.1 Å². The molecule has 0 saturated heterocycles. The van der Waals surface area contributed by atoms with Crippen LogP contribution in [0.2, 0.25) is 5.15 Å². The highest BCUT2D eigenvalue weighted by Crippen LogP contribution is 2.26. The molecule has 0 aliphatic heterocycles. The molecule has 0 aliphatic rings. The van der Waals surface area contributed by atoms with E-state index in [1.807, 2.05) is 6.92 Å². The molecule has 14 heavy (non-hydrogen) atoms. The van der Waals surface area contributed by atoms with E-state index in [0.717, 1.165) is 16.8 Å². The van der Waals surface area contributed by atoms with Gasteiger partial charge in [0.1, 0.15) is 0 Å². The van der Waals surface area contributed by atoms with Gasteiger partial charge in [-0.3, -0.25) is 5.10 Å². The van der Waals surface area contributed by atoms with E-state index in [-0.39, 0.29) is 0 Å². The summed E-state index contributed by atoms with van der Waals surface area (Å²) in [5.41, 5.74) is 8.23. The average molecular weight is 210 g/mol. The van der Waals surface area contributed by atoms with E-state index in [4.69, 9.17) is 17.3 Å². The van der Waals surface area contributed by atoms with Crippen molar-refractivity contribution >= 4 is 17.4 Å². The van der Waals surface area contributed by atoms with Crippen molar-refractivity contribution in [2.45, 2.75) is 6.92 Å². The summed E-state index contributed by atoms with van der Waals surface area (Å²) in [4.78, 5) is 0. The van der Waals surface area contributed by atoms with Gasteiger partial charge in [-0.25, -0.2) is 0 Å². The highest BCUT2D eigenvalue weighted by molar-refractivity contribution is 6.29. The van der Waals surface area contributed by atoms with Crippen LogP contribution in [0.15, 0.2) is 12.3 Å². The normalized spacial score (nSPS) is 10.4. The maximum absolute atomic E-state index is 5.73. The largest absolute Gasteiger partial charge is 0.382 e. The number of H-pyrrole nitrogens is 1. The fraction of sp³-hybridized carbons (Fsp3) is 0.125. The van der Waals surface area contributed by atoms with Crippen molar-refractivity contribution in [2.75, 3.05) is 5.73 Å². The number of nitrogens with zero attached hydrogens (tertiary/aromatic N) is 3. The molecule has 72 valence electrons. The van der Waals surface area contributed by atoms with E-state index in [9.17, 15) is 0 Å². The zero-order valence-corrected chi connectivity index (χ0v) is 8.21. The van der Waals surface area contributed by atoms with Crippen LogP contribution in [0.5, 0.6) is 0 Å². The van der Waals surface area contributed by atoms with Crippen molar-refractivity contribution in [3.8, 4) is 11.1 Å². The molecule has 0 saturated carbocycles. The zero-order chi connectivity index (χ0) is 10.1. The Morgan fingerprint density at radius 1 is 1.36 bits per heavy atom. The van der Waals surface area contributed by atoms with Gasteiger partial charge in [0.25, 0.3) is 0 Å². The van der Waals surface area contributed by atoms with E-state index in [1.165, 1.54) is 0 Å². The Bertz CT molecular complexity index is 465. The summed E-state index contributed by atoms with van der Waals surface area (Å²) < 4.78 is 0. The zero-order valence-electron chi connectivity index (χ0n) is 7.45. The summed E-state index contributed by atoms with van der Waals surface area (Å²) in [7, 11) is 0. The highest BCUT2D eigenvalue weighted by Gasteiger charge is 2.09. The number of nitrogens with two attached hydrogens (primary N) is 1. The number of nitrogen functional groups attached to an aromatic ring is 1. The van der Waals surface area contributed by atoms with Gasteiger partial charge < -0.3 is 5.73 Å². The molecule has 0 amide bonds. The third-order valence-corrected chi connectivity index (χ3v) is 2.10. The van der Waals surface area contributed by atoms with E-state index in [2.05, 4.69) is 20.4 Å². The van der Waals surface area contributed by atoms with Crippen LogP contribution in [0.4, 0.5) is 5.82 Å². The molecule has 2 aromatic rings. The highest BCUT2D eigenvalue weighted by atomic mass is 35.5. The van der Waals surface area contributed by atoms with Crippen LogP contribution in [0.1, 0.15) is 5.69 Å². The first-order valence-corrected chi connectivity index (χ1v) is 4.35. The number of nitrogens with one attached hydrogen (secondary N) is 1. The molecule has 0 atom stereocenters. The maximum Gasteiger partial charge on any atom is 0.154 e. The number of hydrogen-bond acceptors (Lipinski definition) is 4. The van der Waals surface area contributed by atoms with E-state index in [0.29, 0.717) is 11.0 Å². The molecule has 2 aromatic heterocycles. The Morgan fingerprint density at radius 3 is 2.79 bits per heavy atom. The molecular formula is C8H8ClN5. The van der Waals surface area contributed by atoms with Crippen molar-refractivity contribution in [1.29, 1.82) is 0 Å². The Labute approximate surface area is 85.3 Å². The summed E-state index contributed by atoms with van der Waals surface area (Å²) in [5, 5.41) is 14.4. The van der Waals surface area contributed by atoms with Gasteiger partial charge in [-0.1, -0.05) is 11.6 Å². The molecule has 0 aromatic carbocycles. The summed E-state index contributed by atoms with van der Waals surface area (Å²) in [5.74, 6) is 0.346. The van der Waals surface area contributed by atoms with Crippen LogP contribution in [0, 0.1) is 6.92 Å². The molecule has 0 unspecified atom stereocenters. The third-order valence-electron chi connectivity index (χ3n) is 1.91. The second-order valence-corrected chi connectivity index (χ2v) is 3.26. The van der Waals surface area contributed by atoms with Crippen molar-refractivity contribution in [1.82, 2.24) is 20.4 Å².